The lowest BCUT2D eigenvalue weighted by Crippen LogP contribution is -2.43. The van der Waals surface area contributed by atoms with Crippen molar-refractivity contribution in [1.29, 1.82) is 0 Å². The van der Waals surface area contributed by atoms with Gasteiger partial charge in [-0.2, -0.15) is 0 Å². The van der Waals surface area contributed by atoms with Crippen LogP contribution < -0.4 is 5.32 Å². The average molecular weight is 288 g/mol. The van der Waals surface area contributed by atoms with Crippen LogP contribution in [0.1, 0.15) is 37.3 Å². The van der Waals surface area contributed by atoms with Gasteiger partial charge in [0.2, 0.25) is 0 Å². The Morgan fingerprint density at radius 2 is 1.86 bits per heavy atom. The summed E-state index contributed by atoms with van der Waals surface area (Å²) in [6, 6.07) is 12.6. The Labute approximate surface area is 128 Å². The molecule has 3 unspecified atom stereocenters. The van der Waals surface area contributed by atoms with Crippen LogP contribution in [0.25, 0.3) is 0 Å². The van der Waals surface area contributed by atoms with Crippen LogP contribution in [-0.2, 0) is 4.74 Å². The summed E-state index contributed by atoms with van der Waals surface area (Å²) >= 11 is 0. The largest absolute Gasteiger partial charge is 0.383 e. The van der Waals surface area contributed by atoms with Crippen molar-refractivity contribution < 1.29 is 4.74 Å². The molecule has 0 aliphatic carbocycles. The number of piperidine rings is 1. The number of nitrogens with zero attached hydrogens (tertiary/aromatic N) is 1. The van der Waals surface area contributed by atoms with Crippen LogP contribution in [0.15, 0.2) is 30.3 Å². The maximum absolute atomic E-state index is 5.40. The molecule has 2 aliphatic rings. The molecule has 1 aromatic rings. The highest BCUT2D eigenvalue weighted by Crippen LogP contribution is 2.37. The number of benzene rings is 1. The minimum Gasteiger partial charge on any atom is -0.383 e. The first kappa shape index (κ1) is 15.0. The molecular formula is C18H28N2O. The fourth-order valence-corrected chi connectivity index (χ4v) is 4.12. The molecule has 1 aromatic carbocycles. The molecule has 2 bridgehead atoms. The molecule has 0 saturated carbocycles. The van der Waals surface area contributed by atoms with Gasteiger partial charge >= 0.3 is 0 Å². The Bertz CT molecular complexity index is 422. The molecule has 0 amide bonds. The van der Waals surface area contributed by atoms with Crippen molar-refractivity contribution in [3.63, 3.8) is 0 Å². The first-order valence-electron chi connectivity index (χ1n) is 8.27. The Kier molecular flexibility index (Phi) is 4.94. The molecule has 0 spiro atoms. The van der Waals surface area contributed by atoms with Gasteiger partial charge in [0.1, 0.15) is 0 Å². The van der Waals surface area contributed by atoms with Gasteiger partial charge in [-0.05, 0) is 50.8 Å². The summed E-state index contributed by atoms with van der Waals surface area (Å²) in [5.74, 6) is 0.821. The first-order chi connectivity index (χ1) is 10.3. The normalized spacial score (nSPS) is 30.5. The molecule has 3 rings (SSSR count). The molecule has 0 aromatic heterocycles. The van der Waals surface area contributed by atoms with E-state index in [9.17, 15) is 0 Å². The third-order valence-electron chi connectivity index (χ3n) is 5.38. The molecular weight excluding hydrogens is 260 g/mol. The number of rotatable bonds is 6. The van der Waals surface area contributed by atoms with Crippen LogP contribution in [0.2, 0.25) is 0 Å². The predicted octanol–water partition coefficient (Wildman–Crippen LogP) is 2.84. The number of hydrogen-bond acceptors (Lipinski definition) is 3. The van der Waals surface area contributed by atoms with E-state index in [4.69, 9.17) is 4.74 Å². The quantitative estimate of drug-likeness (QED) is 0.871. The molecule has 3 nitrogen and oxygen atoms in total. The summed E-state index contributed by atoms with van der Waals surface area (Å²) in [4.78, 5) is 2.61. The molecule has 2 heterocycles. The summed E-state index contributed by atoms with van der Waals surface area (Å²) in [7, 11) is 4.09. The van der Waals surface area contributed by atoms with Gasteiger partial charge in [-0.1, -0.05) is 30.3 Å². The molecule has 0 radical (unpaired) electrons. The van der Waals surface area contributed by atoms with E-state index < -0.39 is 0 Å². The molecule has 116 valence electrons. The van der Waals surface area contributed by atoms with Gasteiger partial charge in [0.25, 0.3) is 0 Å². The molecule has 2 saturated heterocycles. The van der Waals surface area contributed by atoms with E-state index in [2.05, 4.69) is 47.6 Å². The van der Waals surface area contributed by atoms with Crippen molar-refractivity contribution in [3.05, 3.63) is 35.9 Å². The Balaban J connectivity index is 1.55. The molecule has 2 aliphatic heterocycles. The van der Waals surface area contributed by atoms with Crippen LogP contribution in [-0.4, -0.2) is 44.3 Å². The number of hydrogen-bond donors (Lipinski definition) is 1. The maximum atomic E-state index is 5.40. The second-order valence-electron chi connectivity index (χ2n) is 6.71. The summed E-state index contributed by atoms with van der Waals surface area (Å²) in [5.41, 5.74) is 1.33. The van der Waals surface area contributed by atoms with Crippen LogP contribution in [0.4, 0.5) is 0 Å². The number of methoxy groups -OCH3 is 1. The van der Waals surface area contributed by atoms with Crippen LogP contribution >= 0.6 is 0 Å². The second kappa shape index (κ2) is 6.91. The summed E-state index contributed by atoms with van der Waals surface area (Å²) in [5, 5.41) is 3.75. The lowest BCUT2D eigenvalue weighted by Gasteiger charge is -2.37. The zero-order valence-electron chi connectivity index (χ0n) is 13.3. The smallest absolute Gasteiger partial charge is 0.0657 e. The van der Waals surface area contributed by atoms with E-state index in [0.717, 1.165) is 31.2 Å². The van der Waals surface area contributed by atoms with Crippen molar-refractivity contribution in [2.45, 2.75) is 43.8 Å². The molecule has 3 heteroatoms. The van der Waals surface area contributed by atoms with Gasteiger partial charge in [-0.15, -0.1) is 0 Å². The molecule has 2 fully saturated rings. The average Bonchev–Trinajstić information content (AvgIpc) is 2.74. The van der Waals surface area contributed by atoms with Crippen molar-refractivity contribution in [2.24, 2.45) is 5.92 Å². The van der Waals surface area contributed by atoms with Gasteiger partial charge < -0.3 is 15.0 Å². The van der Waals surface area contributed by atoms with E-state index in [0.29, 0.717) is 6.04 Å². The van der Waals surface area contributed by atoms with E-state index in [1.165, 1.54) is 31.2 Å². The van der Waals surface area contributed by atoms with Crippen LogP contribution in [0.3, 0.4) is 0 Å². The first-order valence-corrected chi connectivity index (χ1v) is 8.27. The number of fused-ring (bicyclic) bond motifs is 2. The Hall–Kier alpha value is -0.900. The number of nitrogens with one attached hydrogen (secondary N) is 1. The topological polar surface area (TPSA) is 24.5 Å². The third kappa shape index (κ3) is 3.47. The Morgan fingerprint density at radius 3 is 2.48 bits per heavy atom. The summed E-state index contributed by atoms with van der Waals surface area (Å²) in [6.07, 6.45) is 5.51. The fraction of sp³-hybridized carbons (Fsp3) is 0.667. The molecule has 1 N–H and O–H groups in total. The minimum absolute atomic E-state index is 0.313. The predicted molar refractivity (Wildman–Crippen MR) is 86.4 cm³/mol. The van der Waals surface area contributed by atoms with Crippen molar-refractivity contribution in [1.82, 2.24) is 10.2 Å². The highest BCUT2D eigenvalue weighted by molar-refractivity contribution is 5.19. The van der Waals surface area contributed by atoms with Gasteiger partial charge in [0.15, 0.2) is 0 Å². The van der Waals surface area contributed by atoms with Gasteiger partial charge in [0, 0.05) is 19.2 Å². The fourth-order valence-electron chi connectivity index (χ4n) is 4.12. The zero-order valence-corrected chi connectivity index (χ0v) is 13.3. The highest BCUT2D eigenvalue weighted by atomic mass is 16.5. The van der Waals surface area contributed by atoms with Gasteiger partial charge in [-0.25, -0.2) is 0 Å². The third-order valence-corrected chi connectivity index (χ3v) is 5.38. The molecule has 21 heavy (non-hydrogen) atoms. The van der Waals surface area contributed by atoms with Crippen molar-refractivity contribution in [2.75, 3.05) is 27.3 Å². The van der Waals surface area contributed by atoms with Crippen LogP contribution in [0.5, 0.6) is 0 Å². The maximum Gasteiger partial charge on any atom is 0.0657 e. The monoisotopic (exact) mass is 288 g/mol. The van der Waals surface area contributed by atoms with E-state index >= 15 is 0 Å². The number of ether oxygens (including phenoxy) is 1. The van der Waals surface area contributed by atoms with E-state index in [1.807, 2.05) is 0 Å². The lowest BCUT2D eigenvalue weighted by atomic mass is 9.90. The van der Waals surface area contributed by atoms with Gasteiger partial charge in [0.05, 0.1) is 12.6 Å². The van der Waals surface area contributed by atoms with E-state index in [-0.39, 0.29) is 0 Å². The summed E-state index contributed by atoms with van der Waals surface area (Å²) in [6.45, 7) is 1.85. The highest BCUT2D eigenvalue weighted by Gasteiger charge is 2.38. The van der Waals surface area contributed by atoms with Crippen molar-refractivity contribution in [3.8, 4) is 0 Å². The summed E-state index contributed by atoms with van der Waals surface area (Å²) < 4.78 is 5.40. The van der Waals surface area contributed by atoms with Crippen LogP contribution in [0, 0.1) is 5.92 Å². The Morgan fingerprint density at radius 1 is 1.19 bits per heavy atom. The van der Waals surface area contributed by atoms with Crippen molar-refractivity contribution >= 4 is 0 Å². The minimum atomic E-state index is 0.313. The molecule has 3 atom stereocenters. The second-order valence-corrected chi connectivity index (χ2v) is 6.71. The lowest BCUT2D eigenvalue weighted by molar-refractivity contribution is 0.123. The standard InChI is InChI=1S/C18H28N2O/c1-20-16-8-9-17(20)11-14(10-16)12-19-18(13-21-2)15-6-4-3-5-7-15/h3-7,14,16-19H,8-13H2,1-2H3. The zero-order chi connectivity index (χ0) is 14.7. The van der Waals surface area contributed by atoms with E-state index in [1.54, 1.807) is 7.11 Å². The SMILES string of the molecule is COCC(NCC1CC2CCC(C1)N2C)c1ccccc1. The van der Waals surface area contributed by atoms with Gasteiger partial charge in [-0.3, -0.25) is 0 Å².